The smallest absolute Gasteiger partial charge is 0.305 e. The Morgan fingerprint density at radius 1 is 1.00 bits per heavy atom. The first-order chi connectivity index (χ1) is 19.1. The fourth-order valence-corrected chi connectivity index (χ4v) is 4.83. The molecule has 0 aliphatic carbocycles. The molecule has 1 unspecified atom stereocenters. The van der Waals surface area contributed by atoms with Crippen LogP contribution in [0, 0.1) is 0 Å². The third-order valence-corrected chi connectivity index (χ3v) is 6.94. The average Bonchev–Trinajstić information content (AvgIpc) is 2.92. The predicted octanol–water partition coefficient (Wildman–Crippen LogP) is 6.19. The minimum Gasteiger partial charge on any atom is -0.507 e. The summed E-state index contributed by atoms with van der Waals surface area (Å²) in [6.45, 7) is 7.87. The third kappa shape index (κ3) is 7.43. The highest BCUT2D eigenvalue weighted by atomic mass is 16.5. The molecule has 216 valence electrons. The Bertz CT molecular complexity index is 1260. The van der Waals surface area contributed by atoms with Gasteiger partial charge in [-0.1, -0.05) is 26.7 Å². The van der Waals surface area contributed by atoms with Crippen LogP contribution in [-0.2, 0) is 22.4 Å². The number of fused-ring (bicyclic) bond motifs is 1. The molecular weight excluding hydrogens is 512 g/mol. The number of Topliss-reactive ketones (excluding diaryl/α,β-unsaturated/α-hetero) is 2. The van der Waals surface area contributed by atoms with Gasteiger partial charge in [-0.15, -0.1) is 0 Å². The number of carbonyl (C=O) groups excluding carboxylic acids is 3. The number of hydrogen-bond donors (Lipinski definition) is 1. The second-order valence-corrected chi connectivity index (χ2v) is 10.2. The first kappa shape index (κ1) is 30.7. The monoisotopic (exact) mass is 552 g/mol. The van der Waals surface area contributed by atoms with E-state index in [0.717, 1.165) is 18.4 Å². The molecule has 8 nitrogen and oxygen atoms in total. The molecule has 1 aliphatic heterocycles. The number of rotatable bonds is 14. The topological polar surface area (TPSA) is 108 Å². The zero-order valence-electron chi connectivity index (χ0n) is 24.1. The summed E-state index contributed by atoms with van der Waals surface area (Å²) < 4.78 is 23.1. The lowest BCUT2D eigenvalue weighted by Gasteiger charge is -2.36. The van der Waals surface area contributed by atoms with Gasteiger partial charge in [0.2, 0.25) is 0 Å². The van der Waals surface area contributed by atoms with E-state index < -0.39 is 5.60 Å². The van der Waals surface area contributed by atoms with Crippen molar-refractivity contribution in [1.82, 2.24) is 0 Å². The van der Waals surface area contributed by atoms with E-state index in [0.29, 0.717) is 53.2 Å². The van der Waals surface area contributed by atoms with E-state index in [1.165, 1.54) is 14.0 Å². The first-order valence-corrected chi connectivity index (χ1v) is 13.8. The van der Waals surface area contributed by atoms with Gasteiger partial charge in [-0.2, -0.15) is 0 Å². The van der Waals surface area contributed by atoms with Gasteiger partial charge in [0.25, 0.3) is 0 Å². The maximum Gasteiger partial charge on any atom is 0.305 e. The van der Waals surface area contributed by atoms with E-state index in [1.807, 2.05) is 32.1 Å². The van der Waals surface area contributed by atoms with Crippen molar-refractivity contribution in [2.45, 2.75) is 78.2 Å². The van der Waals surface area contributed by atoms with Crippen molar-refractivity contribution in [2.24, 2.45) is 0 Å². The summed E-state index contributed by atoms with van der Waals surface area (Å²) in [4.78, 5) is 36.4. The molecule has 0 radical (unpaired) electrons. The van der Waals surface area contributed by atoms with Gasteiger partial charge in [-0.25, -0.2) is 0 Å². The zero-order chi connectivity index (χ0) is 29.3. The van der Waals surface area contributed by atoms with Crippen LogP contribution in [0.4, 0.5) is 0 Å². The second kappa shape index (κ2) is 14.0. The Morgan fingerprint density at radius 2 is 1.60 bits per heavy atom. The summed E-state index contributed by atoms with van der Waals surface area (Å²) >= 11 is 0. The molecular formula is C32H40O8. The molecule has 1 N–H and O–H groups in total. The van der Waals surface area contributed by atoms with Crippen LogP contribution in [0.15, 0.2) is 36.4 Å². The molecule has 1 aliphatic rings. The van der Waals surface area contributed by atoms with Crippen molar-refractivity contribution in [1.29, 1.82) is 0 Å². The van der Waals surface area contributed by atoms with Gasteiger partial charge in [0.05, 0.1) is 24.7 Å². The third-order valence-electron chi connectivity index (χ3n) is 6.94. The van der Waals surface area contributed by atoms with Gasteiger partial charge in [-0.3, -0.25) is 14.4 Å². The predicted molar refractivity (Wildman–Crippen MR) is 152 cm³/mol. The first-order valence-electron chi connectivity index (χ1n) is 13.8. The molecule has 3 rings (SSSR count). The number of phenols is 1. The molecule has 40 heavy (non-hydrogen) atoms. The van der Waals surface area contributed by atoms with Crippen LogP contribution in [0.3, 0.4) is 0 Å². The molecule has 1 atom stereocenters. The molecule has 8 heteroatoms. The Hall–Kier alpha value is -3.81. The van der Waals surface area contributed by atoms with Gasteiger partial charge >= 0.3 is 5.97 Å². The molecule has 1 heterocycles. The van der Waals surface area contributed by atoms with E-state index in [1.54, 1.807) is 18.2 Å². The highest BCUT2D eigenvalue weighted by Crippen LogP contribution is 2.42. The normalized spacial score (nSPS) is 16.4. The summed E-state index contributed by atoms with van der Waals surface area (Å²) in [5.41, 5.74) is 1.50. The van der Waals surface area contributed by atoms with E-state index in [4.69, 9.17) is 18.9 Å². The summed E-state index contributed by atoms with van der Waals surface area (Å²) in [7, 11) is 1.35. The van der Waals surface area contributed by atoms with Crippen molar-refractivity contribution in [3.05, 3.63) is 58.7 Å². The van der Waals surface area contributed by atoms with Crippen LogP contribution in [-0.4, -0.2) is 48.6 Å². The van der Waals surface area contributed by atoms with Gasteiger partial charge in [0.15, 0.2) is 11.6 Å². The molecule has 0 saturated heterocycles. The summed E-state index contributed by atoms with van der Waals surface area (Å²) in [5, 5.41) is 10.5. The lowest BCUT2D eigenvalue weighted by Crippen LogP contribution is -2.40. The zero-order valence-corrected chi connectivity index (χ0v) is 24.1. The molecule has 2 aromatic rings. The molecule has 0 spiro atoms. The Balaban J connectivity index is 1.68. The molecule has 0 aromatic heterocycles. The van der Waals surface area contributed by atoms with E-state index in [9.17, 15) is 19.5 Å². The minimum atomic E-state index is -0.801. The second-order valence-electron chi connectivity index (χ2n) is 10.2. The number of aromatic hydroxyl groups is 1. The van der Waals surface area contributed by atoms with Gasteiger partial charge in [-0.05, 0) is 69.5 Å². The number of carbonyl (C=O) groups is 3. The Labute approximate surface area is 236 Å². The summed E-state index contributed by atoms with van der Waals surface area (Å²) in [6, 6.07) is 6.85. The van der Waals surface area contributed by atoms with Crippen molar-refractivity contribution in [2.75, 3.05) is 20.3 Å². The van der Waals surface area contributed by atoms with Crippen LogP contribution < -0.4 is 14.2 Å². The van der Waals surface area contributed by atoms with Crippen LogP contribution in [0.25, 0.3) is 0 Å². The molecule has 0 saturated carbocycles. The molecule has 0 amide bonds. The van der Waals surface area contributed by atoms with Crippen molar-refractivity contribution in [3.63, 3.8) is 0 Å². The largest absolute Gasteiger partial charge is 0.507 e. The highest BCUT2D eigenvalue weighted by Gasteiger charge is 2.38. The van der Waals surface area contributed by atoms with Crippen LogP contribution in [0.2, 0.25) is 0 Å². The number of hydrogen-bond acceptors (Lipinski definition) is 8. The van der Waals surface area contributed by atoms with E-state index in [-0.39, 0.29) is 49.3 Å². The summed E-state index contributed by atoms with van der Waals surface area (Å²) in [5.74, 6) is 1.17. The van der Waals surface area contributed by atoms with Crippen molar-refractivity contribution < 1.29 is 38.4 Å². The van der Waals surface area contributed by atoms with E-state index in [2.05, 4.69) is 6.92 Å². The number of ketones is 2. The number of esters is 1. The fourth-order valence-electron chi connectivity index (χ4n) is 4.83. The fraction of sp³-hybridized carbons (Fsp3) is 0.469. The molecule has 0 bridgehead atoms. The molecule has 2 aromatic carbocycles. The number of ether oxygens (including phenoxy) is 4. The van der Waals surface area contributed by atoms with Crippen LogP contribution in [0.1, 0.15) is 91.6 Å². The van der Waals surface area contributed by atoms with Gasteiger partial charge in [0, 0.05) is 17.5 Å². The quantitative estimate of drug-likeness (QED) is 0.168. The number of benzene rings is 2. The van der Waals surface area contributed by atoms with Crippen molar-refractivity contribution in [3.8, 4) is 23.0 Å². The average molecular weight is 553 g/mol. The standard InChI is InChI=1S/C32H40O8/c1-6-10-24-27(14-12-22(21(3)33)30(24)36)38-18-8-9-19-39-28-15-13-23-26(34)20-32(4,17-16-29(35)37-5)40-31(23)25(28)11-7-2/h8-9,12-15,36H,6-7,10-11,16-20H2,1-5H3. The Morgan fingerprint density at radius 3 is 2.20 bits per heavy atom. The van der Waals surface area contributed by atoms with Crippen molar-refractivity contribution >= 4 is 17.5 Å². The van der Waals surface area contributed by atoms with Crippen LogP contribution >= 0.6 is 0 Å². The molecule has 0 fully saturated rings. The summed E-state index contributed by atoms with van der Waals surface area (Å²) in [6.07, 6.45) is 7.31. The van der Waals surface area contributed by atoms with Crippen LogP contribution in [0.5, 0.6) is 23.0 Å². The van der Waals surface area contributed by atoms with Gasteiger partial charge in [0.1, 0.15) is 41.8 Å². The lowest BCUT2D eigenvalue weighted by molar-refractivity contribution is -0.141. The SMILES string of the molecule is CCCc1c(OCC=CCOc2ccc3c(c2CCC)OC(C)(CCC(=O)OC)CC3=O)ccc(C(C)=O)c1O. The number of phenolic OH excluding ortho intramolecular Hbond substituents is 1. The Kier molecular flexibility index (Phi) is 10.8. The highest BCUT2D eigenvalue weighted by molar-refractivity contribution is 6.01. The lowest BCUT2D eigenvalue weighted by atomic mass is 9.86. The maximum absolute atomic E-state index is 13.0. The van der Waals surface area contributed by atoms with E-state index >= 15 is 0 Å². The minimum absolute atomic E-state index is 0.0145. The maximum atomic E-state index is 13.0. The number of methoxy groups -OCH3 is 1. The van der Waals surface area contributed by atoms with Gasteiger partial charge < -0.3 is 24.1 Å².